The summed E-state index contributed by atoms with van der Waals surface area (Å²) >= 11 is 0. The molecule has 0 radical (unpaired) electrons. The number of fused-ring (bicyclic) bond motifs is 1. The van der Waals surface area contributed by atoms with Gasteiger partial charge < -0.3 is 14.3 Å². The zero-order valence-electron chi connectivity index (χ0n) is 9.89. The quantitative estimate of drug-likeness (QED) is 0.808. The fourth-order valence-electron chi connectivity index (χ4n) is 1.58. The maximum absolute atomic E-state index is 11.6. The van der Waals surface area contributed by atoms with Gasteiger partial charge in [0.15, 0.2) is 11.1 Å². The van der Waals surface area contributed by atoms with Crippen molar-refractivity contribution in [1.82, 2.24) is 4.98 Å². The largest absolute Gasteiger partial charge is 0.506 e. The van der Waals surface area contributed by atoms with Crippen LogP contribution in [0.2, 0.25) is 0 Å². The van der Waals surface area contributed by atoms with E-state index in [9.17, 15) is 14.7 Å². The van der Waals surface area contributed by atoms with Crippen molar-refractivity contribution in [3.63, 3.8) is 0 Å². The van der Waals surface area contributed by atoms with Crippen LogP contribution in [0.5, 0.6) is 5.75 Å². The number of aromatic nitrogens is 1. The summed E-state index contributed by atoms with van der Waals surface area (Å²) in [5.74, 6) is -1.34. The van der Waals surface area contributed by atoms with Crippen molar-refractivity contribution in [3.05, 3.63) is 33.9 Å². The molecule has 2 heterocycles. The molecule has 0 amide bonds. The molecule has 2 aromatic heterocycles. The Hall–Kier alpha value is -2.37. The molecule has 1 N–H and O–H groups in total. The topological polar surface area (TPSA) is 89.6 Å². The zero-order valence-corrected chi connectivity index (χ0v) is 9.89. The van der Waals surface area contributed by atoms with Gasteiger partial charge in [-0.1, -0.05) is 0 Å². The predicted octanol–water partition coefficient (Wildman–Crippen LogP) is 1.38. The van der Waals surface area contributed by atoms with Crippen LogP contribution in [-0.2, 0) is 4.74 Å². The lowest BCUT2D eigenvalue weighted by atomic mass is 10.1. The second-order valence-electron chi connectivity index (χ2n) is 3.66. The Morgan fingerprint density at radius 2 is 2.28 bits per heavy atom. The first-order chi connectivity index (χ1) is 8.54. The number of carbonyl (C=O) groups is 1. The van der Waals surface area contributed by atoms with Crippen LogP contribution in [-0.4, -0.2) is 22.7 Å². The zero-order chi connectivity index (χ0) is 13.3. The molecular formula is C12H11NO5. The number of nitrogens with zero attached hydrogens (tertiary/aromatic N) is 1. The first-order valence-electron chi connectivity index (χ1n) is 5.34. The van der Waals surface area contributed by atoms with E-state index >= 15 is 0 Å². The molecule has 0 saturated heterocycles. The fourth-order valence-corrected chi connectivity index (χ4v) is 1.58. The van der Waals surface area contributed by atoms with Crippen LogP contribution in [0.4, 0.5) is 0 Å². The Kier molecular flexibility index (Phi) is 3.01. The highest BCUT2D eigenvalue weighted by molar-refractivity contribution is 5.98. The van der Waals surface area contributed by atoms with E-state index in [-0.39, 0.29) is 17.6 Å². The molecule has 0 fully saturated rings. The highest BCUT2D eigenvalue weighted by Gasteiger charge is 2.22. The number of esters is 1. The summed E-state index contributed by atoms with van der Waals surface area (Å²) in [6.07, 6.45) is 1.32. The van der Waals surface area contributed by atoms with Crippen LogP contribution in [0.15, 0.2) is 21.5 Å². The van der Waals surface area contributed by atoms with Gasteiger partial charge in [0, 0.05) is 5.69 Å². The van der Waals surface area contributed by atoms with E-state index in [0.29, 0.717) is 5.69 Å². The molecule has 94 valence electrons. The minimum absolute atomic E-state index is 0.102. The summed E-state index contributed by atoms with van der Waals surface area (Å²) in [5, 5.41) is 10.2. The van der Waals surface area contributed by atoms with Crippen molar-refractivity contribution in [2.75, 3.05) is 6.61 Å². The summed E-state index contributed by atoms with van der Waals surface area (Å²) in [7, 11) is 0. The second-order valence-corrected chi connectivity index (χ2v) is 3.66. The van der Waals surface area contributed by atoms with Crippen LogP contribution in [0.25, 0.3) is 11.0 Å². The molecule has 0 bridgehead atoms. The van der Waals surface area contributed by atoms with Gasteiger partial charge in [0.2, 0.25) is 0 Å². The number of rotatable bonds is 2. The SMILES string of the molecule is CCOC(=O)c1c(O)c2cc(C)ncc2oc1=O. The molecule has 0 aliphatic rings. The van der Waals surface area contributed by atoms with Gasteiger partial charge >= 0.3 is 11.6 Å². The summed E-state index contributed by atoms with van der Waals surface area (Å²) < 4.78 is 9.61. The molecule has 2 rings (SSSR count). The molecular weight excluding hydrogens is 238 g/mol. The normalized spacial score (nSPS) is 10.6. The van der Waals surface area contributed by atoms with Gasteiger partial charge in [0.25, 0.3) is 0 Å². The van der Waals surface area contributed by atoms with Gasteiger partial charge in [-0.15, -0.1) is 0 Å². The van der Waals surface area contributed by atoms with Crippen LogP contribution >= 0.6 is 0 Å². The van der Waals surface area contributed by atoms with E-state index in [4.69, 9.17) is 9.15 Å². The smallest absolute Gasteiger partial charge is 0.354 e. The Bertz CT molecular complexity index is 674. The number of hydrogen-bond donors (Lipinski definition) is 1. The van der Waals surface area contributed by atoms with Gasteiger partial charge in [0.1, 0.15) is 5.75 Å². The minimum atomic E-state index is -0.941. The number of aromatic hydroxyl groups is 1. The van der Waals surface area contributed by atoms with Crippen LogP contribution in [0.1, 0.15) is 23.0 Å². The lowest BCUT2D eigenvalue weighted by Crippen LogP contribution is -2.17. The number of carbonyl (C=O) groups excluding carboxylic acids is 1. The number of hydrogen-bond acceptors (Lipinski definition) is 6. The number of pyridine rings is 1. The van der Waals surface area contributed by atoms with Gasteiger partial charge in [0.05, 0.1) is 18.2 Å². The standard InChI is InChI=1S/C12H11NO5/c1-3-17-11(15)9-10(14)7-4-6(2)13-5-8(7)18-12(9)16/h4-5,14H,3H2,1-2H3. The monoisotopic (exact) mass is 249 g/mol. The van der Waals surface area contributed by atoms with Crippen molar-refractivity contribution in [2.24, 2.45) is 0 Å². The molecule has 0 atom stereocenters. The van der Waals surface area contributed by atoms with Gasteiger partial charge in [-0.2, -0.15) is 0 Å². The van der Waals surface area contributed by atoms with Gasteiger partial charge in [-0.05, 0) is 19.9 Å². The van der Waals surface area contributed by atoms with E-state index in [0.717, 1.165) is 0 Å². The first kappa shape index (κ1) is 12.1. The van der Waals surface area contributed by atoms with Crippen LogP contribution < -0.4 is 5.63 Å². The van der Waals surface area contributed by atoms with E-state index in [1.165, 1.54) is 12.3 Å². The molecule has 6 nitrogen and oxygen atoms in total. The van der Waals surface area contributed by atoms with Crippen LogP contribution in [0.3, 0.4) is 0 Å². The third kappa shape index (κ3) is 1.92. The number of ether oxygens (including phenoxy) is 1. The van der Waals surface area contributed by atoms with Crippen molar-refractivity contribution in [1.29, 1.82) is 0 Å². The molecule has 0 spiro atoms. The molecule has 18 heavy (non-hydrogen) atoms. The highest BCUT2D eigenvalue weighted by atomic mass is 16.5. The highest BCUT2D eigenvalue weighted by Crippen LogP contribution is 2.26. The molecule has 0 saturated carbocycles. The molecule has 0 aromatic carbocycles. The van der Waals surface area contributed by atoms with E-state index < -0.39 is 22.9 Å². The van der Waals surface area contributed by atoms with Crippen molar-refractivity contribution >= 4 is 16.9 Å². The van der Waals surface area contributed by atoms with Gasteiger partial charge in [-0.3, -0.25) is 4.98 Å². The summed E-state index contributed by atoms with van der Waals surface area (Å²) in [4.78, 5) is 27.1. The number of aryl methyl sites for hydroxylation is 1. The maximum atomic E-state index is 11.6. The van der Waals surface area contributed by atoms with E-state index in [1.54, 1.807) is 13.8 Å². The fraction of sp³-hybridized carbons (Fsp3) is 0.250. The lowest BCUT2D eigenvalue weighted by Gasteiger charge is -2.05. The second kappa shape index (κ2) is 4.48. The Morgan fingerprint density at radius 3 is 2.94 bits per heavy atom. The molecule has 2 aromatic rings. The van der Waals surface area contributed by atoms with E-state index in [2.05, 4.69) is 4.98 Å². The lowest BCUT2D eigenvalue weighted by molar-refractivity contribution is 0.0518. The molecule has 6 heteroatoms. The van der Waals surface area contributed by atoms with Crippen molar-refractivity contribution < 1.29 is 19.1 Å². The minimum Gasteiger partial charge on any atom is -0.506 e. The average Bonchev–Trinajstić information content (AvgIpc) is 2.31. The molecule has 0 aliphatic carbocycles. The third-order valence-corrected chi connectivity index (χ3v) is 2.38. The van der Waals surface area contributed by atoms with Crippen LogP contribution in [0, 0.1) is 6.92 Å². The summed E-state index contributed by atoms with van der Waals surface area (Å²) in [6, 6.07) is 1.52. The average molecular weight is 249 g/mol. The van der Waals surface area contributed by atoms with Crippen molar-refractivity contribution in [3.8, 4) is 5.75 Å². The third-order valence-electron chi connectivity index (χ3n) is 2.38. The molecule has 0 aliphatic heterocycles. The van der Waals surface area contributed by atoms with Crippen molar-refractivity contribution in [2.45, 2.75) is 13.8 Å². The Morgan fingerprint density at radius 1 is 1.56 bits per heavy atom. The summed E-state index contributed by atoms with van der Waals surface area (Å²) in [5.41, 5.74) is -0.684. The van der Waals surface area contributed by atoms with Gasteiger partial charge in [-0.25, -0.2) is 9.59 Å². The molecule has 0 unspecified atom stereocenters. The van der Waals surface area contributed by atoms with E-state index in [1.807, 2.05) is 0 Å². The first-order valence-corrected chi connectivity index (χ1v) is 5.34. The maximum Gasteiger partial charge on any atom is 0.354 e. The Labute approximate surface area is 102 Å². The predicted molar refractivity (Wildman–Crippen MR) is 62.6 cm³/mol. The Balaban J connectivity index is 2.75. The summed E-state index contributed by atoms with van der Waals surface area (Å²) in [6.45, 7) is 3.42.